The van der Waals surface area contributed by atoms with E-state index in [2.05, 4.69) is 9.88 Å². The highest BCUT2D eigenvalue weighted by Gasteiger charge is 2.60. The lowest BCUT2D eigenvalue weighted by Gasteiger charge is -2.42. The number of carbonyl (C=O) groups excluding carboxylic acids is 3. The lowest BCUT2D eigenvalue weighted by Crippen LogP contribution is -2.53. The Morgan fingerprint density at radius 2 is 1.90 bits per heavy atom. The molecule has 2 N–H and O–H groups in total. The maximum atomic E-state index is 15.6. The minimum absolute atomic E-state index is 0.0230. The number of carbonyl (C=O) groups is 3. The van der Waals surface area contributed by atoms with E-state index in [1.54, 1.807) is 54.0 Å². The number of amides is 4. The van der Waals surface area contributed by atoms with Crippen molar-refractivity contribution >= 4 is 28.7 Å². The van der Waals surface area contributed by atoms with Crippen LogP contribution in [-0.4, -0.2) is 99.5 Å². The zero-order valence-corrected chi connectivity index (χ0v) is 22.7. The van der Waals surface area contributed by atoms with E-state index in [0.717, 1.165) is 0 Å². The van der Waals surface area contributed by atoms with E-state index in [1.807, 2.05) is 0 Å². The predicted octanol–water partition coefficient (Wildman–Crippen LogP) is 2.85. The minimum atomic E-state index is -1.27. The standard InChI is InChI=1S/C29H32FN5O5/c1-17(36)33-12-9-32(10-13-33)11-14-34-27(38)29(2)16-20-23-21(7-8-22(40-3)24(23)30)31-25(20)26(35(29)28(34)39)18-5-4-6-19(37)15-18/h4-8,15,26,31,37H,9-14,16H2,1-3H3/t26-,29+/m1/s1. The molecule has 2 saturated heterocycles. The number of nitrogens with zero attached hydrogens (tertiary/aromatic N) is 4. The number of aromatic nitrogens is 1. The highest BCUT2D eigenvalue weighted by atomic mass is 19.1. The number of rotatable bonds is 5. The monoisotopic (exact) mass is 549 g/mol. The molecule has 2 fully saturated rings. The third kappa shape index (κ3) is 3.90. The van der Waals surface area contributed by atoms with Gasteiger partial charge in [-0.3, -0.25) is 24.3 Å². The number of aromatic hydroxyl groups is 1. The number of methoxy groups -OCH3 is 1. The second kappa shape index (κ2) is 9.51. The van der Waals surface area contributed by atoms with E-state index in [4.69, 9.17) is 4.74 Å². The van der Waals surface area contributed by atoms with E-state index in [0.29, 0.717) is 60.4 Å². The second-order valence-corrected chi connectivity index (χ2v) is 10.9. The van der Waals surface area contributed by atoms with Crippen molar-refractivity contribution in [2.75, 3.05) is 46.4 Å². The van der Waals surface area contributed by atoms with Crippen LogP contribution in [0.5, 0.6) is 11.5 Å². The van der Waals surface area contributed by atoms with Gasteiger partial charge in [-0.1, -0.05) is 12.1 Å². The molecule has 0 radical (unpaired) electrons. The first-order valence-corrected chi connectivity index (χ1v) is 13.4. The summed E-state index contributed by atoms with van der Waals surface area (Å²) in [7, 11) is 1.40. The van der Waals surface area contributed by atoms with Crippen molar-refractivity contribution < 1.29 is 28.6 Å². The summed E-state index contributed by atoms with van der Waals surface area (Å²) >= 11 is 0. The van der Waals surface area contributed by atoms with Gasteiger partial charge in [-0.05, 0) is 42.3 Å². The number of hydrogen-bond donors (Lipinski definition) is 2. The number of nitrogens with one attached hydrogen (secondary N) is 1. The molecule has 4 amide bonds. The van der Waals surface area contributed by atoms with Crippen LogP contribution in [0, 0.1) is 5.82 Å². The quantitative estimate of drug-likeness (QED) is 0.474. The molecule has 2 atom stereocenters. The fourth-order valence-electron chi connectivity index (χ4n) is 6.47. The van der Waals surface area contributed by atoms with Crippen molar-refractivity contribution in [2.45, 2.75) is 31.8 Å². The van der Waals surface area contributed by atoms with Crippen LogP contribution in [0.4, 0.5) is 9.18 Å². The fourth-order valence-corrected chi connectivity index (χ4v) is 6.47. The summed E-state index contributed by atoms with van der Waals surface area (Å²) < 4.78 is 20.8. The third-order valence-electron chi connectivity index (χ3n) is 8.59. The van der Waals surface area contributed by atoms with Crippen molar-refractivity contribution in [2.24, 2.45) is 0 Å². The molecule has 0 unspecified atom stereocenters. The Morgan fingerprint density at radius 3 is 2.58 bits per heavy atom. The number of urea groups is 1. The van der Waals surface area contributed by atoms with Crippen LogP contribution in [-0.2, 0) is 16.0 Å². The number of halogens is 1. The van der Waals surface area contributed by atoms with E-state index < -0.39 is 23.4 Å². The van der Waals surface area contributed by atoms with Gasteiger partial charge in [0.15, 0.2) is 11.6 Å². The lowest BCUT2D eigenvalue weighted by molar-refractivity contribution is -0.133. The smallest absolute Gasteiger partial charge is 0.328 e. The number of fused-ring (bicyclic) bond motifs is 4. The number of benzene rings is 2. The molecule has 0 saturated carbocycles. The Hall–Kier alpha value is -4.12. The van der Waals surface area contributed by atoms with E-state index in [-0.39, 0.29) is 36.3 Å². The Bertz CT molecular complexity index is 1530. The molecule has 4 heterocycles. The zero-order valence-electron chi connectivity index (χ0n) is 22.7. The number of phenols is 1. The molecule has 3 aliphatic rings. The molecule has 1 aromatic heterocycles. The summed E-state index contributed by atoms with van der Waals surface area (Å²) in [6.07, 6.45) is 0.125. The van der Waals surface area contributed by atoms with Crippen molar-refractivity contribution in [1.29, 1.82) is 0 Å². The number of H-pyrrole nitrogens is 1. The van der Waals surface area contributed by atoms with Gasteiger partial charge in [0, 0.05) is 69.2 Å². The van der Waals surface area contributed by atoms with Crippen LogP contribution in [0.3, 0.4) is 0 Å². The Labute approximate surface area is 230 Å². The largest absolute Gasteiger partial charge is 0.508 e. The Kier molecular flexibility index (Phi) is 6.21. The van der Waals surface area contributed by atoms with E-state index in [1.165, 1.54) is 18.1 Å². The number of phenolic OH excluding ortho intramolecular Hbond substituents is 1. The van der Waals surface area contributed by atoms with Gasteiger partial charge in [-0.25, -0.2) is 9.18 Å². The Balaban J connectivity index is 1.38. The van der Waals surface area contributed by atoms with Crippen LogP contribution >= 0.6 is 0 Å². The Morgan fingerprint density at radius 1 is 1.15 bits per heavy atom. The zero-order chi connectivity index (χ0) is 28.3. The summed E-state index contributed by atoms with van der Waals surface area (Å²) in [5, 5.41) is 10.6. The molecule has 2 aromatic carbocycles. The van der Waals surface area contributed by atoms with Crippen LogP contribution in [0.2, 0.25) is 0 Å². The molecule has 6 rings (SSSR count). The first-order chi connectivity index (χ1) is 19.1. The maximum Gasteiger partial charge on any atom is 0.328 e. The first-order valence-electron chi connectivity index (χ1n) is 13.4. The highest BCUT2D eigenvalue weighted by Crippen LogP contribution is 2.49. The summed E-state index contributed by atoms with van der Waals surface area (Å²) in [6.45, 7) is 6.53. The average molecular weight is 550 g/mol. The number of imide groups is 1. The van der Waals surface area contributed by atoms with Gasteiger partial charge in [-0.2, -0.15) is 0 Å². The van der Waals surface area contributed by atoms with Gasteiger partial charge in [0.25, 0.3) is 5.91 Å². The molecule has 3 aromatic rings. The summed E-state index contributed by atoms with van der Waals surface area (Å²) in [4.78, 5) is 49.8. The molecule has 0 bridgehead atoms. The number of piperazine rings is 1. The molecule has 3 aliphatic heterocycles. The summed E-state index contributed by atoms with van der Waals surface area (Å²) in [5.74, 6) is -0.709. The van der Waals surface area contributed by atoms with Crippen molar-refractivity contribution in [1.82, 2.24) is 24.6 Å². The van der Waals surface area contributed by atoms with Crippen LogP contribution in [0.15, 0.2) is 36.4 Å². The number of aromatic amines is 1. The summed E-state index contributed by atoms with van der Waals surface area (Å²) in [6, 6.07) is 8.67. The molecule has 0 aliphatic carbocycles. The van der Waals surface area contributed by atoms with Crippen LogP contribution < -0.4 is 4.74 Å². The van der Waals surface area contributed by atoms with Gasteiger partial charge in [0.2, 0.25) is 5.91 Å². The van der Waals surface area contributed by atoms with Crippen molar-refractivity contribution in [3.8, 4) is 11.5 Å². The van der Waals surface area contributed by atoms with Crippen molar-refractivity contribution in [3.05, 3.63) is 59.0 Å². The third-order valence-corrected chi connectivity index (χ3v) is 8.59. The molecular weight excluding hydrogens is 517 g/mol. The average Bonchev–Trinajstić information content (AvgIpc) is 3.38. The molecule has 40 heavy (non-hydrogen) atoms. The van der Waals surface area contributed by atoms with Gasteiger partial charge >= 0.3 is 6.03 Å². The highest BCUT2D eigenvalue weighted by molar-refractivity contribution is 6.08. The van der Waals surface area contributed by atoms with Gasteiger partial charge in [-0.15, -0.1) is 0 Å². The van der Waals surface area contributed by atoms with E-state index in [9.17, 15) is 19.5 Å². The maximum absolute atomic E-state index is 15.6. The number of ether oxygens (including phenoxy) is 1. The molecule has 0 spiro atoms. The molecule has 210 valence electrons. The van der Waals surface area contributed by atoms with Crippen molar-refractivity contribution in [3.63, 3.8) is 0 Å². The normalized spacial score (nSPS) is 23.1. The predicted molar refractivity (Wildman–Crippen MR) is 145 cm³/mol. The lowest BCUT2D eigenvalue weighted by atomic mass is 9.81. The number of hydrogen-bond acceptors (Lipinski definition) is 6. The second-order valence-electron chi connectivity index (χ2n) is 10.9. The molecule has 10 nitrogen and oxygen atoms in total. The minimum Gasteiger partial charge on any atom is -0.508 e. The first kappa shape index (κ1) is 26.1. The fraction of sp³-hybridized carbons (Fsp3) is 0.414. The molecular formula is C29H32FN5O5. The van der Waals surface area contributed by atoms with Crippen LogP contribution in [0.25, 0.3) is 10.9 Å². The topological polar surface area (TPSA) is 109 Å². The van der Waals surface area contributed by atoms with Crippen LogP contribution in [0.1, 0.15) is 36.7 Å². The SMILES string of the molecule is COc1ccc2[nH]c3c(c2c1F)C[C@@]1(C)C(=O)N(CCN2CCN(C(C)=O)CC2)C(=O)N1[C@@H]3c1cccc(O)c1. The van der Waals surface area contributed by atoms with E-state index >= 15 is 4.39 Å². The van der Waals surface area contributed by atoms with Gasteiger partial charge in [0.1, 0.15) is 17.3 Å². The molecule has 11 heteroatoms. The van der Waals surface area contributed by atoms with Gasteiger partial charge < -0.3 is 19.7 Å². The van der Waals surface area contributed by atoms with Gasteiger partial charge in [0.05, 0.1) is 7.11 Å². The summed E-state index contributed by atoms with van der Waals surface area (Å²) in [5.41, 5.74) is 1.10.